The minimum atomic E-state index is -0.191. The van der Waals surface area contributed by atoms with Crippen LogP contribution in [0.25, 0.3) is 0 Å². The lowest BCUT2D eigenvalue weighted by Gasteiger charge is -2.20. The van der Waals surface area contributed by atoms with E-state index in [-0.39, 0.29) is 6.10 Å². The Kier molecular flexibility index (Phi) is 5.37. The molecule has 0 spiro atoms. The van der Waals surface area contributed by atoms with Gasteiger partial charge in [0.25, 0.3) is 0 Å². The van der Waals surface area contributed by atoms with E-state index in [0.29, 0.717) is 0 Å². The first kappa shape index (κ1) is 12.2. The molecule has 0 fully saturated rings. The summed E-state index contributed by atoms with van der Waals surface area (Å²) in [6, 6.07) is 10.3. The number of benzene rings is 1. The summed E-state index contributed by atoms with van der Waals surface area (Å²) in [5.41, 5.74) is 1.30. The molecule has 0 bridgehead atoms. The maximum absolute atomic E-state index is 9.66. The van der Waals surface area contributed by atoms with E-state index < -0.39 is 0 Å². The van der Waals surface area contributed by atoms with Crippen LogP contribution in [-0.2, 0) is 6.54 Å². The lowest BCUT2D eigenvalue weighted by atomic mass is 10.2. The Bertz CT molecular complexity index is 260. The molecule has 1 unspecified atom stereocenters. The summed E-state index contributed by atoms with van der Waals surface area (Å²) < 4.78 is 0. The summed E-state index contributed by atoms with van der Waals surface area (Å²) in [5.74, 6) is 0. The van der Waals surface area contributed by atoms with Crippen molar-refractivity contribution in [3.8, 4) is 0 Å². The van der Waals surface area contributed by atoms with Crippen molar-refractivity contribution in [1.29, 1.82) is 0 Å². The molecule has 2 nitrogen and oxygen atoms in total. The van der Waals surface area contributed by atoms with Crippen LogP contribution in [0.2, 0.25) is 0 Å². The minimum Gasteiger partial charge on any atom is -0.392 e. The fourth-order valence-corrected chi connectivity index (χ4v) is 1.74. The van der Waals surface area contributed by atoms with Gasteiger partial charge in [0.1, 0.15) is 0 Å². The highest BCUT2D eigenvalue weighted by molar-refractivity contribution is 5.14. The predicted molar refractivity (Wildman–Crippen MR) is 63.7 cm³/mol. The number of aliphatic hydroxyl groups excluding tert-OH is 1. The van der Waals surface area contributed by atoms with Crippen molar-refractivity contribution in [3.05, 3.63) is 35.9 Å². The predicted octanol–water partition coefficient (Wildman–Crippen LogP) is 2.28. The van der Waals surface area contributed by atoms with Gasteiger partial charge >= 0.3 is 0 Å². The molecule has 0 aliphatic carbocycles. The highest BCUT2D eigenvalue weighted by Crippen LogP contribution is 2.04. The number of rotatable bonds is 6. The molecule has 0 radical (unpaired) electrons. The van der Waals surface area contributed by atoms with Crippen LogP contribution in [0.3, 0.4) is 0 Å². The average Bonchev–Trinajstić information content (AvgIpc) is 2.19. The second-order valence-electron chi connectivity index (χ2n) is 4.12. The fourth-order valence-electron chi connectivity index (χ4n) is 1.74. The largest absolute Gasteiger partial charge is 0.392 e. The number of likely N-dealkylation sites (N-methyl/N-ethyl adjacent to an activating group) is 1. The van der Waals surface area contributed by atoms with E-state index in [1.807, 2.05) is 25.2 Å². The molecule has 0 amide bonds. The van der Waals surface area contributed by atoms with Crippen molar-refractivity contribution in [3.63, 3.8) is 0 Å². The van der Waals surface area contributed by atoms with E-state index in [9.17, 15) is 5.11 Å². The first-order valence-corrected chi connectivity index (χ1v) is 5.63. The molecule has 1 atom stereocenters. The summed E-state index contributed by atoms with van der Waals surface area (Å²) in [5, 5.41) is 9.66. The lowest BCUT2D eigenvalue weighted by Crippen LogP contribution is -2.28. The van der Waals surface area contributed by atoms with Crippen molar-refractivity contribution in [2.75, 3.05) is 13.6 Å². The molecule has 2 heteroatoms. The molecule has 0 aliphatic heterocycles. The standard InChI is InChI=1S/C13H21NO/c1-3-7-13(15)11-14(2)10-12-8-5-4-6-9-12/h4-6,8-9,13,15H,3,7,10-11H2,1-2H3. The lowest BCUT2D eigenvalue weighted by molar-refractivity contribution is 0.114. The number of aliphatic hydroxyl groups is 1. The third-order valence-corrected chi connectivity index (χ3v) is 2.44. The Morgan fingerprint density at radius 1 is 1.27 bits per heavy atom. The van der Waals surface area contributed by atoms with Crippen LogP contribution in [0.1, 0.15) is 25.3 Å². The third-order valence-electron chi connectivity index (χ3n) is 2.44. The molecule has 1 N–H and O–H groups in total. The van der Waals surface area contributed by atoms with Crippen molar-refractivity contribution < 1.29 is 5.11 Å². The van der Waals surface area contributed by atoms with E-state index in [1.54, 1.807) is 0 Å². The molecular formula is C13H21NO. The van der Waals surface area contributed by atoms with E-state index >= 15 is 0 Å². The zero-order chi connectivity index (χ0) is 11.1. The van der Waals surface area contributed by atoms with E-state index in [2.05, 4.69) is 24.0 Å². The van der Waals surface area contributed by atoms with Gasteiger partial charge in [-0.2, -0.15) is 0 Å². The zero-order valence-corrected chi connectivity index (χ0v) is 9.69. The van der Waals surface area contributed by atoms with Crippen LogP contribution in [0.15, 0.2) is 30.3 Å². The van der Waals surface area contributed by atoms with E-state index in [1.165, 1.54) is 5.56 Å². The SMILES string of the molecule is CCCC(O)CN(C)Cc1ccccc1. The number of hydrogen-bond donors (Lipinski definition) is 1. The molecule has 0 aromatic heterocycles. The monoisotopic (exact) mass is 207 g/mol. The quantitative estimate of drug-likeness (QED) is 0.773. The van der Waals surface area contributed by atoms with Gasteiger partial charge in [-0.3, -0.25) is 4.90 Å². The Labute approximate surface area is 92.5 Å². The van der Waals surface area contributed by atoms with Crippen molar-refractivity contribution in [2.45, 2.75) is 32.4 Å². The van der Waals surface area contributed by atoms with Crippen LogP contribution in [-0.4, -0.2) is 29.7 Å². The Morgan fingerprint density at radius 3 is 2.53 bits per heavy atom. The van der Waals surface area contributed by atoms with Gasteiger partial charge in [0.15, 0.2) is 0 Å². The Hall–Kier alpha value is -0.860. The topological polar surface area (TPSA) is 23.5 Å². The molecule has 0 heterocycles. The maximum atomic E-state index is 9.66. The van der Waals surface area contributed by atoms with Crippen LogP contribution in [0.5, 0.6) is 0 Å². The van der Waals surface area contributed by atoms with Gasteiger partial charge in [-0.05, 0) is 19.0 Å². The Balaban J connectivity index is 2.33. The van der Waals surface area contributed by atoms with Gasteiger partial charge in [0.2, 0.25) is 0 Å². The molecule has 15 heavy (non-hydrogen) atoms. The first-order chi connectivity index (χ1) is 7.22. The maximum Gasteiger partial charge on any atom is 0.0667 e. The Morgan fingerprint density at radius 2 is 1.93 bits per heavy atom. The first-order valence-electron chi connectivity index (χ1n) is 5.63. The van der Waals surface area contributed by atoms with Gasteiger partial charge in [-0.25, -0.2) is 0 Å². The van der Waals surface area contributed by atoms with Crippen molar-refractivity contribution in [1.82, 2.24) is 4.90 Å². The molecule has 1 aromatic carbocycles. The van der Waals surface area contributed by atoms with Gasteiger partial charge in [0.05, 0.1) is 6.10 Å². The molecule has 0 saturated carbocycles. The molecule has 1 aromatic rings. The average molecular weight is 207 g/mol. The van der Waals surface area contributed by atoms with Crippen LogP contribution < -0.4 is 0 Å². The molecule has 84 valence electrons. The summed E-state index contributed by atoms with van der Waals surface area (Å²) >= 11 is 0. The highest BCUT2D eigenvalue weighted by atomic mass is 16.3. The molecule has 1 rings (SSSR count). The summed E-state index contributed by atoms with van der Waals surface area (Å²) in [6.07, 6.45) is 1.74. The van der Waals surface area contributed by atoms with Crippen molar-refractivity contribution in [2.24, 2.45) is 0 Å². The van der Waals surface area contributed by atoms with Gasteiger partial charge in [-0.15, -0.1) is 0 Å². The summed E-state index contributed by atoms with van der Waals surface area (Å²) in [4.78, 5) is 2.16. The summed E-state index contributed by atoms with van der Waals surface area (Å²) in [7, 11) is 2.05. The number of hydrogen-bond acceptors (Lipinski definition) is 2. The van der Waals surface area contributed by atoms with Crippen LogP contribution in [0, 0.1) is 0 Å². The fraction of sp³-hybridized carbons (Fsp3) is 0.538. The van der Waals surface area contributed by atoms with Crippen molar-refractivity contribution >= 4 is 0 Å². The van der Waals surface area contributed by atoms with Gasteiger partial charge < -0.3 is 5.11 Å². The highest BCUT2D eigenvalue weighted by Gasteiger charge is 2.06. The second kappa shape index (κ2) is 6.59. The minimum absolute atomic E-state index is 0.191. The normalized spacial score (nSPS) is 13.1. The molecular weight excluding hydrogens is 186 g/mol. The van der Waals surface area contributed by atoms with Crippen LogP contribution in [0.4, 0.5) is 0 Å². The second-order valence-corrected chi connectivity index (χ2v) is 4.12. The third kappa shape index (κ3) is 4.96. The van der Waals surface area contributed by atoms with Crippen LogP contribution >= 0.6 is 0 Å². The molecule has 0 aliphatic rings. The number of nitrogens with zero attached hydrogens (tertiary/aromatic N) is 1. The smallest absolute Gasteiger partial charge is 0.0667 e. The van der Waals surface area contributed by atoms with Gasteiger partial charge in [0, 0.05) is 13.1 Å². The molecule has 0 saturated heterocycles. The van der Waals surface area contributed by atoms with E-state index in [0.717, 1.165) is 25.9 Å². The zero-order valence-electron chi connectivity index (χ0n) is 9.69. The summed E-state index contributed by atoms with van der Waals surface area (Å²) in [6.45, 7) is 3.75. The van der Waals surface area contributed by atoms with Gasteiger partial charge in [-0.1, -0.05) is 43.7 Å². The van der Waals surface area contributed by atoms with E-state index in [4.69, 9.17) is 0 Å².